The summed E-state index contributed by atoms with van der Waals surface area (Å²) in [6.07, 6.45) is 3.31. The molecule has 5 aromatic rings. The van der Waals surface area contributed by atoms with Gasteiger partial charge in [0.15, 0.2) is 5.65 Å². The quantitative estimate of drug-likeness (QED) is 0.411. The van der Waals surface area contributed by atoms with Crippen LogP contribution in [0.4, 0.5) is 4.39 Å². The molecular formula is C25H19ClFN5O2. The number of carbonyl (C=O) groups excluding carboxylic acids is 1. The minimum Gasteiger partial charge on any atom is -0.344 e. The lowest BCUT2D eigenvalue weighted by Gasteiger charge is -2.21. The van der Waals surface area contributed by atoms with Crippen LogP contribution in [-0.2, 0) is 0 Å². The number of aryl methyl sites for hydroxylation is 1. The molecule has 3 aromatic heterocycles. The first-order valence-electron chi connectivity index (χ1n) is 10.6. The van der Waals surface area contributed by atoms with Crippen molar-refractivity contribution in [3.63, 3.8) is 0 Å². The minimum absolute atomic E-state index is 0.314. The molecule has 1 amide bonds. The summed E-state index contributed by atoms with van der Waals surface area (Å²) >= 11 is 6.34. The van der Waals surface area contributed by atoms with Crippen molar-refractivity contribution in [1.82, 2.24) is 24.5 Å². The van der Waals surface area contributed by atoms with Crippen molar-refractivity contribution in [2.45, 2.75) is 19.9 Å². The summed E-state index contributed by atoms with van der Waals surface area (Å²) in [5.41, 5.74) is 1.93. The Morgan fingerprint density at radius 1 is 1.15 bits per heavy atom. The number of pyridine rings is 1. The minimum atomic E-state index is -0.591. The van der Waals surface area contributed by atoms with E-state index in [1.807, 2.05) is 0 Å². The highest BCUT2D eigenvalue weighted by molar-refractivity contribution is 6.35. The van der Waals surface area contributed by atoms with Gasteiger partial charge in [-0.15, -0.1) is 0 Å². The number of aromatic nitrogens is 4. The maximum absolute atomic E-state index is 13.6. The topological polar surface area (TPSA) is 81.3 Å². The number of halogens is 2. The smallest absolute Gasteiger partial charge is 0.264 e. The van der Waals surface area contributed by atoms with Crippen LogP contribution in [0.3, 0.4) is 0 Å². The molecule has 0 radical (unpaired) electrons. The van der Waals surface area contributed by atoms with Crippen LogP contribution < -0.4 is 10.9 Å². The monoisotopic (exact) mass is 475 g/mol. The molecule has 0 saturated carbocycles. The molecule has 0 fully saturated rings. The van der Waals surface area contributed by atoms with Gasteiger partial charge in [-0.3, -0.25) is 14.2 Å². The Kier molecular flexibility index (Phi) is 5.37. The molecule has 0 aliphatic carbocycles. The Balaban J connectivity index is 1.64. The van der Waals surface area contributed by atoms with Crippen LogP contribution in [-0.4, -0.2) is 25.1 Å². The highest BCUT2D eigenvalue weighted by Crippen LogP contribution is 2.26. The standard InChI is InChI=1S/C25H19ClFN5O2/c1-14(29-24(33)21-15(2)30-31-12-4-11-28-23(21)31)20-13-16-5-3-6-19(26)22(16)25(34)32(20)18-9-7-17(27)8-10-18/h3-14H,1-2H3,(H,29,33)/t14-/m0/s1. The summed E-state index contributed by atoms with van der Waals surface area (Å²) < 4.78 is 16.6. The third kappa shape index (κ3) is 3.62. The number of nitrogens with one attached hydrogen (secondary N) is 1. The maximum Gasteiger partial charge on any atom is 0.264 e. The number of amides is 1. The molecule has 0 aliphatic rings. The highest BCUT2D eigenvalue weighted by atomic mass is 35.5. The largest absolute Gasteiger partial charge is 0.344 e. The predicted molar refractivity (Wildman–Crippen MR) is 128 cm³/mol. The third-order valence-corrected chi connectivity index (χ3v) is 6.01. The number of fused-ring (bicyclic) bond motifs is 2. The lowest BCUT2D eigenvalue weighted by Crippen LogP contribution is -2.32. The average Bonchev–Trinajstić information content (AvgIpc) is 3.15. The van der Waals surface area contributed by atoms with Gasteiger partial charge in [0.2, 0.25) is 0 Å². The second-order valence-corrected chi connectivity index (χ2v) is 8.34. The van der Waals surface area contributed by atoms with Crippen LogP contribution >= 0.6 is 11.6 Å². The molecule has 170 valence electrons. The molecule has 9 heteroatoms. The van der Waals surface area contributed by atoms with E-state index in [-0.39, 0.29) is 11.5 Å². The molecule has 0 unspecified atom stereocenters. The molecule has 0 aliphatic heterocycles. The molecule has 0 saturated heterocycles. The van der Waals surface area contributed by atoms with Gasteiger partial charge in [-0.2, -0.15) is 5.10 Å². The van der Waals surface area contributed by atoms with E-state index in [1.165, 1.54) is 28.8 Å². The van der Waals surface area contributed by atoms with Gasteiger partial charge < -0.3 is 5.32 Å². The average molecular weight is 476 g/mol. The number of hydrogen-bond acceptors (Lipinski definition) is 4. The lowest BCUT2D eigenvalue weighted by molar-refractivity contribution is 0.0939. The second-order valence-electron chi connectivity index (χ2n) is 7.93. The van der Waals surface area contributed by atoms with Gasteiger partial charge in [-0.25, -0.2) is 13.9 Å². The first-order valence-corrected chi connectivity index (χ1v) is 10.9. The van der Waals surface area contributed by atoms with Crippen molar-refractivity contribution in [2.24, 2.45) is 0 Å². The van der Waals surface area contributed by atoms with E-state index in [0.29, 0.717) is 44.1 Å². The van der Waals surface area contributed by atoms with E-state index < -0.39 is 11.9 Å². The van der Waals surface area contributed by atoms with Crippen molar-refractivity contribution < 1.29 is 9.18 Å². The first kappa shape index (κ1) is 21.8. The molecule has 5 rings (SSSR count). The normalized spacial score (nSPS) is 12.2. The molecule has 34 heavy (non-hydrogen) atoms. The van der Waals surface area contributed by atoms with E-state index in [1.54, 1.807) is 61.1 Å². The SMILES string of the molecule is Cc1nn2cccnc2c1C(=O)N[C@@H](C)c1cc2cccc(Cl)c2c(=O)n1-c1ccc(F)cc1. The van der Waals surface area contributed by atoms with Crippen LogP contribution in [0, 0.1) is 12.7 Å². The van der Waals surface area contributed by atoms with Gasteiger partial charge in [0, 0.05) is 23.8 Å². The van der Waals surface area contributed by atoms with E-state index in [0.717, 1.165) is 0 Å². The molecule has 7 nitrogen and oxygen atoms in total. The van der Waals surface area contributed by atoms with Crippen molar-refractivity contribution in [3.05, 3.63) is 105 Å². The second kappa shape index (κ2) is 8.39. The summed E-state index contributed by atoms with van der Waals surface area (Å²) in [6, 6.07) is 13.7. The zero-order valence-electron chi connectivity index (χ0n) is 18.3. The number of hydrogen-bond donors (Lipinski definition) is 1. The maximum atomic E-state index is 13.6. The highest BCUT2D eigenvalue weighted by Gasteiger charge is 2.23. The summed E-state index contributed by atoms with van der Waals surface area (Å²) in [7, 11) is 0. The van der Waals surface area contributed by atoms with E-state index in [9.17, 15) is 14.0 Å². The van der Waals surface area contributed by atoms with Crippen LogP contribution in [0.25, 0.3) is 22.1 Å². The van der Waals surface area contributed by atoms with Crippen LogP contribution in [0.2, 0.25) is 5.02 Å². The van der Waals surface area contributed by atoms with Gasteiger partial charge >= 0.3 is 0 Å². The van der Waals surface area contributed by atoms with Crippen molar-refractivity contribution >= 4 is 33.9 Å². The fourth-order valence-electron chi connectivity index (χ4n) is 4.12. The Morgan fingerprint density at radius 3 is 2.68 bits per heavy atom. The molecule has 1 atom stereocenters. The van der Waals surface area contributed by atoms with Crippen molar-refractivity contribution in [3.8, 4) is 5.69 Å². The van der Waals surface area contributed by atoms with Crippen LogP contribution in [0.15, 0.2) is 71.8 Å². The summed E-state index contributed by atoms with van der Waals surface area (Å²) in [4.78, 5) is 31.1. The number of benzene rings is 2. The van der Waals surface area contributed by atoms with Gasteiger partial charge in [0.05, 0.1) is 22.1 Å². The van der Waals surface area contributed by atoms with Crippen molar-refractivity contribution in [1.29, 1.82) is 0 Å². The van der Waals surface area contributed by atoms with Crippen molar-refractivity contribution in [2.75, 3.05) is 0 Å². The molecule has 1 N–H and O–H groups in total. The molecular weight excluding hydrogens is 457 g/mol. The molecule has 0 bridgehead atoms. The Bertz CT molecular complexity index is 1630. The Hall–Kier alpha value is -4.04. The Labute approximate surface area is 198 Å². The molecule has 3 heterocycles. The van der Waals surface area contributed by atoms with Gasteiger partial charge in [-0.1, -0.05) is 23.7 Å². The van der Waals surface area contributed by atoms with E-state index in [2.05, 4.69) is 15.4 Å². The summed E-state index contributed by atoms with van der Waals surface area (Å²) in [6.45, 7) is 3.51. The molecule has 0 spiro atoms. The third-order valence-electron chi connectivity index (χ3n) is 5.70. The van der Waals surface area contributed by atoms with E-state index in [4.69, 9.17) is 11.6 Å². The zero-order chi connectivity index (χ0) is 24.0. The summed E-state index contributed by atoms with van der Waals surface area (Å²) in [5, 5.41) is 8.60. The fourth-order valence-corrected chi connectivity index (χ4v) is 4.38. The number of nitrogens with zero attached hydrogens (tertiary/aromatic N) is 4. The van der Waals surface area contributed by atoms with Crippen LogP contribution in [0.1, 0.15) is 34.7 Å². The van der Waals surface area contributed by atoms with Gasteiger partial charge in [-0.05, 0) is 61.7 Å². The van der Waals surface area contributed by atoms with E-state index >= 15 is 0 Å². The zero-order valence-corrected chi connectivity index (χ0v) is 19.0. The first-order chi connectivity index (χ1) is 16.3. The fraction of sp³-hybridized carbons (Fsp3) is 0.120. The molecule has 2 aromatic carbocycles. The number of carbonyl (C=O) groups is 1. The number of rotatable bonds is 4. The lowest BCUT2D eigenvalue weighted by atomic mass is 10.1. The predicted octanol–water partition coefficient (Wildman–Crippen LogP) is 4.63. The summed E-state index contributed by atoms with van der Waals surface area (Å²) in [5.74, 6) is -0.794. The van der Waals surface area contributed by atoms with Gasteiger partial charge in [0.25, 0.3) is 11.5 Å². The van der Waals surface area contributed by atoms with Crippen LogP contribution in [0.5, 0.6) is 0 Å². The van der Waals surface area contributed by atoms with Gasteiger partial charge in [0.1, 0.15) is 11.4 Å². The Morgan fingerprint density at radius 2 is 1.91 bits per heavy atom.